The third-order valence-electron chi connectivity index (χ3n) is 2.72. The minimum Gasteiger partial charge on any atom is -0.397 e. The van der Waals surface area contributed by atoms with Crippen molar-refractivity contribution in [2.45, 2.75) is 6.42 Å². The van der Waals surface area contributed by atoms with Crippen LogP contribution in [0.2, 0.25) is 0 Å². The van der Waals surface area contributed by atoms with Gasteiger partial charge in [-0.15, -0.1) is 11.3 Å². The quantitative estimate of drug-likeness (QED) is 0.862. The third-order valence-corrected chi connectivity index (χ3v) is 4.47. The molecule has 0 aliphatic rings. The van der Waals surface area contributed by atoms with E-state index in [-0.39, 0.29) is 5.82 Å². The topological polar surface area (TPSA) is 29.3 Å². The van der Waals surface area contributed by atoms with Gasteiger partial charge in [-0.1, -0.05) is 0 Å². The molecule has 0 saturated carbocycles. The molecule has 0 unspecified atom stereocenters. The van der Waals surface area contributed by atoms with Crippen LogP contribution >= 0.6 is 27.3 Å². The van der Waals surface area contributed by atoms with Crippen LogP contribution in [0, 0.1) is 5.82 Å². The minimum atomic E-state index is -0.299. The monoisotopic (exact) mass is 328 g/mol. The Hall–Kier alpha value is -1.07. The zero-order valence-corrected chi connectivity index (χ0v) is 12.4. The smallest absolute Gasteiger partial charge is 0.125 e. The van der Waals surface area contributed by atoms with Gasteiger partial charge in [-0.25, -0.2) is 4.39 Å². The van der Waals surface area contributed by atoms with Gasteiger partial charge in [0.25, 0.3) is 0 Å². The summed E-state index contributed by atoms with van der Waals surface area (Å²) in [6, 6.07) is 6.62. The number of halogens is 2. The van der Waals surface area contributed by atoms with Crippen molar-refractivity contribution in [1.82, 2.24) is 0 Å². The number of anilines is 2. The minimum absolute atomic E-state index is 0.299. The highest BCUT2D eigenvalue weighted by atomic mass is 79.9. The normalized spacial score (nSPS) is 10.6. The number of nitrogens with two attached hydrogens (primary N) is 1. The van der Waals surface area contributed by atoms with Crippen molar-refractivity contribution < 1.29 is 4.39 Å². The van der Waals surface area contributed by atoms with Crippen LogP contribution in [0.3, 0.4) is 0 Å². The highest BCUT2D eigenvalue weighted by Crippen LogP contribution is 2.24. The third kappa shape index (κ3) is 3.23. The molecule has 0 aliphatic carbocycles. The summed E-state index contributed by atoms with van der Waals surface area (Å²) in [5, 5.41) is 2.07. The Morgan fingerprint density at radius 1 is 1.39 bits per heavy atom. The maximum absolute atomic E-state index is 13.0. The maximum Gasteiger partial charge on any atom is 0.125 e. The molecular weight excluding hydrogens is 315 g/mol. The van der Waals surface area contributed by atoms with Crippen molar-refractivity contribution in [1.29, 1.82) is 0 Å². The second-order valence-electron chi connectivity index (χ2n) is 4.11. The highest BCUT2D eigenvalue weighted by Gasteiger charge is 2.07. The largest absolute Gasteiger partial charge is 0.397 e. The van der Waals surface area contributed by atoms with Crippen LogP contribution in [0.25, 0.3) is 0 Å². The molecular formula is C13H14BrFN2S. The Balaban J connectivity index is 2.01. The summed E-state index contributed by atoms with van der Waals surface area (Å²) in [5.74, 6) is -0.299. The Labute approximate surface area is 118 Å². The Kier molecular flexibility index (Phi) is 4.24. The average molecular weight is 329 g/mol. The average Bonchev–Trinajstić information content (AvgIpc) is 2.72. The standard InChI is InChI=1S/C13H14BrFN2S/c1-17(5-4-11-6-9(14)8-18-11)13-3-2-10(15)7-12(13)16/h2-3,6-8H,4-5,16H2,1H3. The van der Waals surface area contributed by atoms with Crippen LogP contribution in [-0.2, 0) is 6.42 Å². The lowest BCUT2D eigenvalue weighted by Gasteiger charge is -2.20. The van der Waals surface area contributed by atoms with Crippen molar-refractivity contribution >= 4 is 38.6 Å². The fourth-order valence-corrected chi connectivity index (χ4v) is 3.20. The summed E-state index contributed by atoms with van der Waals surface area (Å²) in [5.41, 5.74) is 7.15. The first-order valence-corrected chi connectivity index (χ1v) is 7.22. The van der Waals surface area contributed by atoms with Gasteiger partial charge in [0.15, 0.2) is 0 Å². The predicted octanol–water partition coefficient (Wildman–Crippen LogP) is 3.91. The maximum atomic E-state index is 13.0. The molecule has 1 heterocycles. The van der Waals surface area contributed by atoms with Gasteiger partial charge in [-0.05, 0) is 46.6 Å². The summed E-state index contributed by atoms with van der Waals surface area (Å²) in [4.78, 5) is 3.36. The molecule has 1 aromatic carbocycles. The van der Waals surface area contributed by atoms with Gasteiger partial charge < -0.3 is 10.6 Å². The van der Waals surface area contributed by atoms with Crippen LogP contribution in [0.15, 0.2) is 34.1 Å². The fraction of sp³-hybridized carbons (Fsp3) is 0.231. The van der Waals surface area contributed by atoms with Crippen LogP contribution in [0.5, 0.6) is 0 Å². The van der Waals surface area contributed by atoms with Gasteiger partial charge in [-0.2, -0.15) is 0 Å². The van der Waals surface area contributed by atoms with Gasteiger partial charge in [0.05, 0.1) is 11.4 Å². The molecule has 0 bridgehead atoms. The summed E-state index contributed by atoms with van der Waals surface area (Å²) in [7, 11) is 1.96. The second kappa shape index (κ2) is 5.71. The molecule has 0 saturated heterocycles. The SMILES string of the molecule is CN(CCc1cc(Br)cs1)c1ccc(F)cc1N. The number of likely N-dealkylation sites (N-methyl/N-ethyl adjacent to an activating group) is 1. The van der Waals surface area contributed by atoms with Crippen molar-refractivity contribution in [3.63, 3.8) is 0 Å². The Morgan fingerprint density at radius 2 is 2.17 bits per heavy atom. The van der Waals surface area contributed by atoms with E-state index < -0.39 is 0 Å². The van der Waals surface area contributed by atoms with Crippen LogP contribution < -0.4 is 10.6 Å². The summed E-state index contributed by atoms with van der Waals surface area (Å²) in [6.07, 6.45) is 0.948. The molecule has 0 aliphatic heterocycles. The molecule has 0 amide bonds. The molecule has 2 aromatic rings. The van der Waals surface area contributed by atoms with E-state index in [1.165, 1.54) is 17.0 Å². The molecule has 1 aromatic heterocycles. The van der Waals surface area contributed by atoms with Crippen LogP contribution in [-0.4, -0.2) is 13.6 Å². The van der Waals surface area contributed by atoms with E-state index in [0.29, 0.717) is 5.69 Å². The van der Waals surface area contributed by atoms with Gasteiger partial charge in [0, 0.05) is 28.3 Å². The molecule has 96 valence electrons. The zero-order chi connectivity index (χ0) is 13.1. The predicted molar refractivity (Wildman–Crippen MR) is 79.8 cm³/mol. The lowest BCUT2D eigenvalue weighted by Crippen LogP contribution is -2.21. The lowest BCUT2D eigenvalue weighted by molar-refractivity contribution is 0.628. The fourth-order valence-electron chi connectivity index (χ4n) is 1.76. The molecule has 2 N–H and O–H groups in total. The summed E-state index contributed by atoms with van der Waals surface area (Å²) in [6.45, 7) is 0.850. The van der Waals surface area contributed by atoms with E-state index in [1.807, 2.05) is 11.9 Å². The summed E-state index contributed by atoms with van der Waals surface area (Å²) >= 11 is 5.17. The van der Waals surface area contributed by atoms with E-state index >= 15 is 0 Å². The van der Waals surface area contributed by atoms with Crippen molar-refractivity contribution in [2.75, 3.05) is 24.2 Å². The van der Waals surface area contributed by atoms with Crippen molar-refractivity contribution in [2.24, 2.45) is 0 Å². The molecule has 0 atom stereocenters. The molecule has 0 radical (unpaired) electrons. The summed E-state index contributed by atoms with van der Waals surface area (Å²) < 4.78 is 14.1. The number of hydrogen-bond acceptors (Lipinski definition) is 3. The lowest BCUT2D eigenvalue weighted by atomic mass is 10.2. The first-order chi connectivity index (χ1) is 8.56. The first kappa shape index (κ1) is 13.4. The van der Waals surface area contributed by atoms with Gasteiger partial charge in [0.1, 0.15) is 5.82 Å². The number of benzene rings is 1. The highest BCUT2D eigenvalue weighted by molar-refractivity contribution is 9.10. The Morgan fingerprint density at radius 3 is 2.78 bits per heavy atom. The van der Waals surface area contributed by atoms with Gasteiger partial charge in [-0.3, -0.25) is 0 Å². The number of hydrogen-bond donors (Lipinski definition) is 1. The molecule has 0 fully saturated rings. The second-order valence-corrected chi connectivity index (χ2v) is 6.02. The van der Waals surface area contributed by atoms with E-state index in [0.717, 1.165) is 23.1 Å². The first-order valence-electron chi connectivity index (χ1n) is 5.55. The zero-order valence-electron chi connectivity index (χ0n) is 9.99. The van der Waals surface area contributed by atoms with E-state index in [9.17, 15) is 4.39 Å². The Bertz CT molecular complexity index is 542. The van der Waals surface area contributed by atoms with E-state index in [2.05, 4.69) is 27.4 Å². The molecule has 2 rings (SSSR count). The molecule has 18 heavy (non-hydrogen) atoms. The molecule has 2 nitrogen and oxygen atoms in total. The number of thiophene rings is 1. The van der Waals surface area contributed by atoms with E-state index in [1.54, 1.807) is 17.4 Å². The van der Waals surface area contributed by atoms with Crippen LogP contribution in [0.4, 0.5) is 15.8 Å². The number of nitrogen functional groups attached to an aromatic ring is 1. The van der Waals surface area contributed by atoms with Crippen molar-refractivity contribution in [3.05, 3.63) is 44.8 Å². The molecule has 5 heteroatoms. The van der Waals surface area contributed by atoms with E-state index in [4.69, 9.17) is 5.73 Å². The van der Waals surface area contributed by atoms with Crippen molar-refractivity contribution in [3.8, 4) is 0 Å². The van der Waals surface area contributed by atoms with Crippen LogP contribution in [0.1, 0.15) is 4.88 Å². The molecule has 0 spiro atoms. The number of nitrogens with zero attached hydrogens (tertiary/aromatic N) is 1. The van der Waals surface area contributed by atoms with Gasteiger partial charge >= 0.3 is 0 Å². The van der Waals surface area contributed by atoms with Gasteiger partial charge in [0.2, 0.25) is 0 Å². The number of rotatable bonds is 4.